The number of hydrogen-bond acceptors (Lipinski definition) is 2. The largest absolute Gasteiger partial charge is 0.361 e. The smallest absolute Gasteiger partial charge is 0.251 e. The molecule has 0 spiro atoms. The summed E-state index contributed by atoms with van der Waals surface area (Å²) in [4.78, 5) is 27.9. The Hall–Kier alpha value is -3.57. The van der Waals surface area contributed by atoms with Crippen LogP contribution in [-0.4, -0.2) is 29.9 Å². The van der Waals surface area contributed by atoms with Gasteiger partial charge in [0.2, 0.25) is 5.91 Å². The summed E-state index contributed by atoms with van der Waals surface area (Å²) >= 11 is 6.51. The standard InChI is InChI=1S/C26H24ClN3O2/c27-23-12-6-4-10-19(23)21(22-16-29-24-13-7-5-11-20(22)24)17-30-25(31)14-15-28-26(32)18-8-2-1-3-9-18/h1-13,16,21,29H,14-15,17H2,(H,28,32)(H,30,31). The fourth-order valence-corrected chi connectivity index (χ4v) is 4.08. The van der Waals surface area contributed by atoms with Gasteiger partial charge in [0, 0.05) is 53.1 Å². The first-order chi connectivity index (χ1) is 15.6. The van der Waals surface area contributed by atoms with Crippen molar-refractivity contribution in [2.75, 3.05) is 13.1 Å². The highest BCUT2D eigenvalue weighted by Gasteiger charge is 2.21. The second-order valence-electron chi connectivity index (χ2n) is 7.54. The minimum absolute atomic E-state index is 0.109. The number of fused-ring (bicyclic) bond motifs is 1. The summed E-state index contributed by atoms with van der Waals surface area (Å²) in [6, 6.07) is 24.7. The average Bonchev–Trinajstić information content (AvgIpc) is 3.25. The van der Waals surface area contributed by atoms with Gasteiger partial charge in [-0.1, -0.05) is 66.2 Å². The van der Waals surface area contributed by atoms with E-state index in [1.807, 2.05) is 54.7 Å². The van der Waals surface area contributed by atoms with Gasteiger partial charge in [-0.05, 0) is 35.4 Å². The van der Waals surface area contributed by atoms with Crippen LogP contribution in [0.15, 0.2) is 85.1 Å². The van der Waals surface area contributed by atoms with Crippen LogP contribution in [0.25, 0.3) is 10.9 Å². The van der Waals surface area contributed by atoms with Gasteiger partial charge in [0.25, 0.3) is 5.91 Å². The first-order valence-electron chi connectivity index (χ1n) is 10.5. The molecule has 32 heavy (non-hydrogen) atoms. The zero-order valence-corrected chi connectivity index (χ0v) is 18.2. The third-order valence-corrected chi connectivity index (χ3v) is 5.80. The summed E-state index contributed by atoms with van der Waals surface area (Å²) in [5, 5.41) is 7.55. The van der Waals surface area contributed by atoms with Crippen molar-refractivity contribution < 1.29 is 9.59 Å². The number of para-hydroxylation sites is 1. The van der Waals surface area contributed by atoms with Crippen LogP contribution in [0.3, 0.4) is 0 Å². The van der Waals surface area contributed by atoms with Gasteiger partial charge in [-0.25, -0.2) is 0 Å². The number of amides is 2. The molecule has 1 aromatic heterocycles. The number of H-pyrrole nitrogens is 1. The topological polar surface area (TPSA) is 74.0 Å². The molecule has 4 rings (SSSR count). The number of carbonyl (C=O) groups excluding carboxylic acids is 2. The predicted molar refractivity (Wildman–Crippen MR) is 128 cm³/mol. The molecule has 0 saturated carbocycles. The molecule has 1 heterocycles. The quantitative estimate of drug-likeness (QED) is 0.361. The van der Waals surface area contributed by atoms with Crippen LogP contribution in [-0.2, 0) is 4.79 Å². The molecule has 1 atom stereocenters. The second kappa shape index (κ2) is 10.2. The lowest BCUT2D eigenvalue weighted by Gasteiger charge is -2.19. The van der Waals surface area contributed by atoms with Gasteiger partial charge < -0.3 is 15.6 Å². The third kappa shape index (κ3) is 5.01. The molecule has 3 aromatic carbocycles. The lowest BCUT2D eigenvalue weighted by Crippen LogP contribution is -2.33. The van der Waals surface area contributed by atoms with Crippen molar-refractivity contribution in [2.24, 2.45) is 0 Å². The number of halogens is 1. The maximum absolute atomic E-state index is 12.5. The van der Waals surface area contributed by atoms with Crippen LogP contribution in [0.4, 0.5) is 0 Å². The normalized spacial score (nSPS) is 11.8. The number of aromatic nitrogens is 1. The Bertz CT molecular complexity index is 1220. The first-order valence-corrected chi connectivity index (χ1v) is 10.9. The fourth-order valence-electron chi connectivity index (χ4n) is 3.81. The Kier molecular flexibility index (Phi) is 6.87. The summed E-state index contributed by atoms with van der Waals surface area (Å²) in [5.41, 5.74) is 3.64. The lowest BCUT2D eigenvalue weighted by molar-refractivity contribution is -0.120. The van der Waals surface area contributed by atoms with Crippen molar-refractivity contribution in [3.05, 3.63) is 107 Å². The van der Waals surface area contributed by atoms with Crippen LogP contribution in [0.5, 0.6) is 0 Å². The highest BCUT2D eigenvalue weighted by molar-refractivity contribution is 6.31. The summed E-state index contributed by atoms with van der Waals surface area (Å²) < 4.78 is 0. The van der Waals surface area contributed by atoms with Crippen LogP contribution in [0, 0.1) is 0 Å². The molecular weight excluding hydrogens is 422 g/mol. The maximum atomic E-state index is 12.5. The Balaban J connectivity index is 1.42. The zero-order valence-electron chi connectivity index (χ0n) is 17.5. The summed E-state index contributed by atoms with van der Waals surface area (Å²) in [7, 11) is 0. The van der Waals surface area contributed by atoms with E-state index in [1.54, 1.807) is 24.3 Å². The Morgan fingerprint density at radius 1 is 0.844 bits per heavy atom. The van der Waals surface area contributed by atoms with E-state index in [-0.39, 0.29) is 30.7 Å². The Labute approximate surface area is 191 Å². The van der Waals surface area contributed by atoms with Crippen molar-refractivity contribution in [3.8, 4) is 0 Å². The monoisotopic (exact) mass is 445 g/mol. The molecule has 0 bridgehead atoms. The molecule has 0 fully saturated rings. The van der Waals surface area contributed by atoms with E-state index in [0.717, 1.165) is 22.0 Å². The summed E-state index contributed by atoms with van der Waals surface area (Å²) in [5.74, 6) is -0.427. The van der Waals surface area contributed by atoms with Crippen molar-refractivity contribution in [1.82, 2.24) is 15.6 Å². The predicted octanol–water partition coefficient (Wildman–Crippen LogP) is 4.89. The molecule has 0 saturated heterocycles. The number of hydrogen-bond donors (Lipinski definition) is 3. The first kappa shape index (κ1) is 21.7. The van der Waals surface area contributed by atoms with Gasteiger partial charge in [-0.2, -0.15) is 0 Å². The van der Waals surface area contributed by atoms with E-state index in [0.29, 0.717) is 17.1 Å². The Morgan fingerprint density at radius 3 is 2.38 bits per heavy atom. The highest BCUT2D eigenvalue weighted by atomic mass is 35.5. The fraction of sp³-hybridized carbons (Fsp3) is 0.154. The number of carbonyl (C=O) groups is 2. The average molecular weight is 446 g/mol. The van der Waals surface area contributed by atoms with Crippen molar-refractivity contribution in [1.29, 1.82) is 0 Å². The lowest BCUT2D eigenvalue weighted by atomic mass is 9.90. The van der Waals surface area contributed by atoms with Gasteiger partial charge in [-0.15, -0.1) is 0 Å². The minimum atomic E-state index is -0.189. The highest BCUT2D eigenvalue weighted by Crippen LogP contribution is 2.34. The summed E-state index contributed by atoms with van der Waals surface area (Å²) in [6.07, 6.45) is 2.17. The zero-order chi connectivity index (χ0) is 22.3. The van der Waals surface area contributed by atoms with E-state index in [4.69, 9.17) is 11.6 Å². The maximum Gasteiger partial charge on any atom is 0.251 e. The van der Waals surface area contributed by atoms with Crippen LogP contribution < -0.4 is 10.6 Å². The minimum Gasteiger partial charge on any atom is -0.361 e. The number of benzene rings is 3. The van der Waals surface area contributed by atoms with E-state index in [2.05, 4.69) is 21.7 Å². The number of nitrogens with one attached hydrogen (secondary N) is 3. The molecule has 0 aliphatic carbocycles. The molecule has 162 valence electrons. The number of rotatable bonds is 8. The molecule has 6 heteroatoms. The van der Waals surface area contributed by atoms with Gasteiger partial charge in [0.1, 0.15) is 0 Å². The van der Waals surface area contributed by atoms with Crippen molar-refractivity contribution in [2.45, 2.75) is 12.3 Å². The van der Waals surface area contributed by atoms with E-state index in [9.17, 15) is 9.59 Å². The van der Waals surface area contributed by atoms with E-state index < -0.39 is 0 Å². The van der Waals surface area contributed by atoms with Crippen LogP contribution in [0.2, 0.25) is 5.02 Å². The van der Waals surface area contributed by atoms with E-state index in [1.165, 1.54) is 0 Å². The summed E-state index contributed by atoms with van der Waals surface area (Å²) in [6.45, 7) is 0.667. The van der Waals surface area contributed by atoms with Crippen LogP contribution >= 0.6 is 11.6 Å². The molecule has 0 aliphatic heterocycles. The van der Waals surface area contributed by atoms with Gasteiger partial charge in [-0.3, -0.25) is 9.59 Å². The van der Waals surface area contributed by atoms with Gasteiger partial charge in [0.05, 0.1) is 0 Å². The third-order valence-electron chi connectivity index (χ3n) is 5.45. The molecule has 1 unspecified atom stereocenters. The van der Waals surface area contributed by atoms with E-state index >= 15 is 0 Å². The van der Waals surface area contributed by atoms with Crippen LogP contribution in [0.1, 0.15) is 33.8 Å². The number of aromatic amines is 1. The Morgan fingerprint density at radius 2 is 1.56 bits per heavy atom. The second-order valence-corrected chi connectivity index (χ2v) is 7.95. The molecule has 0 radical (unpaired) electrons. The van der Waals surface area contributed by atoms with Gasteiger partial charge in [0.15, 0.2) is 0 Å². The molecule has 4 aromatic rings. The van der Waals surface area contributed by atoms with Gasteiger partial charge >= 0.3 is 0 Å². The SMILES string of the molecule is O=C(CCNC(=O)c1ccccc1)NCC(c1ccccc1Cl)c1c[nH]c2ccccc12. The molecular formula is C26H24ClN3O2. The molecule has 3 N–H and O–H groups in total. The van der Waals surface area contributed by atoms with Crippen molar-refractivity contribution in [3.63, 3.8) is 0 Å². The molecule has 5 nitrogen and oxygen atoms in total. The molecule has 2 amide bonds. The van der Waals surface area contributed by atoms with Crippen molar-refractivity contribution >= 4 is 34.3 Å². The molecule has 0 aliphatic rings.